The molecule has 4 nitrogen and oxygen atoms in total. The third-order valence-corrected chi connectivity index (χ3v) is 1.80. The molecule has 1 aromatic rings. The van der Waals surface area contributed by atoms with E-state index >= 15 is 0 Å². The second-order valence-electron chi connectivity index (χ2n) is 2.62. The molecule has 0 aliphatic carbocycles. The van der Waals surface area contributed by atoms with Crippen LogP contribution in [0.5, 0.6) is 5.88 Å². The van der Waals surface area contributed by atoms with Crippen LogP contribution in [0, 0.1) is 0 Å². The fourth-order valence-electron chi connectivity index (χ4n) is 0.969. The zero-order valence-corrected chi connectivity index (χ0v) is 6.28. The number of aromatic amines is 1. The number of H-pyrrole nitrogens is 1. The Morgan fingerprint density at radius 1 is 1.82 bits per heavy atom. The maximum absolute atomic E-state index is 5.46. The molecule has 2 heterocycles. The normalized spacial score (nSPS) is 29.5. The summed E-state index contributed by atoms with van der Waals surface area (Å²) in [6.07, 6.45) is 2.06. The quantitative estimate of drug-likeness (QED) is 0.677. The second kappa shape index (κ2) is 2.54. The van der Waals surface area contributed by atoms with E-state index < -0.39 is 0 Å². The van der Waals surface area contributed by atoms with E-state index in [4.69, 9.17) is 9.47 Å². The molecule has 1 aliphatic heterocycles. The molecule has 11 heavy (non-hydrogen) atoms. The fourth-order valence-corrected chi connectivity index (χ4v) is 0.969. The Bertz CT molecular complexity index is 222. The van der Waals surface area contributed by atoms with E-state index in [1.165, 1.54) is 0 Å². The third kappa shape index (κ3) is 1.21. The molecule has 60 valence electrons. The van der Waals surface area contributed by atoms with Crippen molar-refractivity contribution in [1.82, 2.24) is 10.2 Å². The number of hydrogen-bond acceptors (Lipinski definition) is 3. The first kappa shape index (κ1) is 6.67. The van der Waals surface area contributed by atoms with Crippen LogP contribution in [0.1, 0.15) is 6.92 Å². The van der Waals surface area contributed by atoms with Crippen molar-refractivity contribution in [1.29, 1.82) is 0 Å². The summed E-state index contributed by atoms with van der Waals surface area (Å²) in [4.78, 5) is 0. The van der Waals surface area contributed by atoms with Crippen molar-refractivity contribution >= 4 is 0 Å². The largest absolute Gasteiger partial charge is 0.469 e. The molecule has 0 saturated carbocycles. The monoisotopic (exact) mass is 154 g/mol. The van der Waals surface area contributed by atoms with Crippen LogP contribution in [0.3, 0.4) is 0 Å². The Hall–Kier alpha value is -1.03. The molecular weight excluding hydrogens is 144 g/mol. The molecule has 1 aromatic heterocycles. The predicted molar refractivity (Wildman–Crippen MR) is 38.4 cm³/mol. The Labute approximate surface area is 64.5 Å². The van der Waals surface area contributed by atoms with Gasteiger partial charge in [0.15, 0.2) is 0 Å². The van der Waals surface area contributed by atoms with Gasteiger partial charge in [-0.2, -0.15) is 5.10 Å². The molecule has 0 amide bonds. The Morgan fingerprint density at radius 2 is 2.73 bits per heavy atom. The minimum absolute atomic E-state index is 0.190. The lowest BCUT2D eigenvalue weighted by atomic mass is 10.2. The van der Waals surface area contributed by atoms with Crippen molar-refractivity contribution in [2.75, 3.05) is 6.61 Å². The molecule has 0 spiro atoms. The van der Waals surface area contributed by atoms with Crippen molar-refractivity contribution in [2.24, 2.45) is 0 Å². The first-order chi connectivity index (χ1) is 5.36. The van der Waals surface area contributed by atoms with Crippen LogP contribution in [-0.4, -0.2) is 29.0 Å². The first-order valence-corrected chi connectivity index (χ1v) is 3.64. The van der Waals surface area contributed by atoms with E-state index in [9.17, 15) is 0 Å². The Balaban J connectivity index is 1.91. The number of rotatable bonds is 2. The van der Waals surface area contributed by atoms with Crippen molar-refractivity contribution in [2.45, 2.75) is 19.1 Å². The maximum Gasteiger partial charge on any atom is 0.209 e. The van der Waals surface area contributed by atoms with Crippen molar-refractivity contribution in [3.63, 3.8) is 0 Å². The summed E-state index contributed by atoms with van der Waals surface area (Å²) in [5, 5.41) is 6.50. The van der Waals surface area contributed by atoms with E-state index in [0.29, 0.717) is 12.5 Å². The van der Waals surface area contributed by atoms with Gasteiger partial charge in [-0.3, -0.25) is 0 Å². The zero-order chi connectivity index (χ0) is 7.68. The molecule has 0 bridgehead atoms. The number of hydrogen-bond donors (Lipinski definition) is 1. The summed E-state index contributed by atoms with van der Waals surface area (Å²) < 4.78 is 10.6. The summed E-state index contributed by atoms with van der Waals surface area (Å²) in [5.74, 6) is 0.713. The molecular formula is C7H10N2O2. The molecule has 1 fully saturated rings. The Kier molecular flexibility index (Phi) is 1.54. The molecule has 1 N–H and O–H groups in total. The molecule has 2 atom stereocenters. The summed E-state index contributed by atoms with van der Waals surface area (Å²) in [6.45, 7) is 2.67. The molecule has 0 unspecified atom stereocenters. The second-order valence-corrected chi connectivity index (χ2v) is 2.62. The van der Waals surface area contributed by atoms with Crippen LogP contribution in [0.2, 0.25) is 0 Å². The van der Waals surface area contributed by atoms with Crippen LogP contribution in [0.25, 0.3) is 0 Å². The fraction of sp³-hybridized carbons (Fsp3) is 0.571. The van der Waals surface area contributed by atoms with Gasteiger partial charge in [-0.1, -0.05) is 0 Å². The summed E-state index contributed by atoms with van der Waals surface area (Å²) >= 11 is 0. The van der Waals surface area contributed by atoms with Gasteiger partial charge in [-0.25, -0.2) is 5.10 Å². The standard InChI is InChI=1S/C7H10N2O2/c1-5-6(4-10-5)11-7-2-3-8-9-7/h2-3,5-6H,4H2,1H3,(H,8,9)/t5-,6+/m1/s1. The van der Waals surface area contributed by atoms with Gasteiger partial charge in [0.25, 0.3) is 0 Å². The van der Waals surface area contributed by atoms with Gasteiger partial charge in [0.1, 0.15) is 6.10 Å². The highest BCUT2D eigenvalue weighted by molar-refractivity contribution is 5.05. The van der Waals surface area contributed by atoms with E-state index in [-0.39, 0.29) is 12.2 Å². The highest BCUT2D eigenvalue weighted by Crippen LogP contribution is 2.17. The van der Waals surface area contributed by atoms with E-state index in [1.807, 2.05) is 6.92 Å². The highest BCUT2D eigenvalue weighted by atomic mass is 16.6. The SMILES string of the molecule is C[C@H]1OC[C@@H]1Oc1ccn[nH]1. The van der Waals surface area contributed by atoms with Crippen molar-refractivity contribution in [3.05, 3.63) is 12.3 Å². The topological polar surface area (TPSA) is 47.1 Å². The van der Waals surface area contributed by atoms with Crippen LogP contribution in [0.15, 0.2) is 12.3 Å². The lowest BCUT2D eigenvalue weighted by molar-refractivity contribution is -0.140. The van der Waals surface area contributed by atoms with Crippen molar-refractivity contribution < 1.29 is 9.47 Å². The van der Waals surface area contributed by atoms with Gasteiger partial charge >= 0.3 is 0 Å². The van der Waals surface area contributed by atoms with Gasteiger partial charge in [-0.15, -0.1) is 0 Å². The average molecular weight is 154 g/mol. The summed E-state index contributed by atoms with van der Waals surface area (Å²) in [5.41, 5.74) is 0. The van der Waals surface area contributed by atoms with Gasteiger partial charge in [0.05, 0.1) is 18.9 Å². The lowest BCUT2D eigenvalue weighted by Gasteiger charge is -2.33. The zero-order valence-electron chi connectivity index (χ0n) is 6.28. The number of ether oxygens (including phenoxy) is 2. The van der Waals surface area contributed by atoms with E-state index in [1.54, 1.807) is 12.3 Å². The lowest BCUT2D eigenvalue weighted by Crippen LogP contribution is -2.46. The van der Waals surface area contributed by atoms with Gasteiger partial charge < -0.3 is 9.47 Å². The molecule has 0 radical (unpaired) electrons. The predicted octanol–water partition coefficient (Wildman–Crippen LogP) is 0.576. The molecule has 1 saturated heterocycles. The first-order valence-electron chi connectivity index (χ1n) is 3.64. The van der Waals surface area contributed by atoms with Crippen LogP contribution >= 0.6 is 0 Å². The smallest absolute Gasteiger partial charge is 0.209 e. The van der Waals surface area contributed by atoms with E-state index in [0.717, 1.165) is 0 Å². The number of nitrogens with one attached hydrogen (secondary N) is 1. The molecule has 0 aromatic carbocycles. The summed E-state index contributed by atoms with van der Waals surface area (Å²) in [6, 6.07) is 1.80. The van der Waals surface area contributed by atoms with Crippen molar-refractivity contribution in [3.8, 4) is 5.88 Å². The number of nitrogens with zero attached hydrogens (tertiary/aromatic N) is 1. The number of aromatic nitrogens is 2. The van der Waals surface area contributed by atoms with Gasteiger partial charge in [0.2, 0.25) is 5.88 Å². The van der Waals surface area contributed by atoms with Gasteiger partial charge in [-0.05, 0) is 6.92 Å². The van der Waals surface area contributed by atoms with Crippen LogP contribution in [0.4, 0.5) is 0 Å². The maximum atomic E-state index is 5.46. The third-order valence-electron chi connectivity index (χ3n) is 1.80. The van der Waals surface area contributed by atoms with Gasteiger partial charge in [0, 0.05) is 6.07 Å². The highest BCUT2D eigenvalue weighted by Gasteiger charge is 2.29. The Morgan fingerprint density at radius 3 is 3.18 bits per heavy atom. The molecule has 2 rings (SSSR count). The minimum Gasteiger partial charge on any atom is -0.469 e. The molecule has 4 heteroatoms. The van der Waals surface area contributed by atoms with Crippen LogP contribution in [-0.2, 0) is 4.74 Å². The average Bonchev–Trinajstić information content (AvgIpc) is 2.49. The van der Waals surface area contributed by atoms with E-state index in [2.05, 4.69) is 10.2 Å². The van der Waals surface area contributed by atoms with Crippen LogP contribution < -0.4 is 4.74 Å². The summed E-state index contributed by atoms with van der Waals surface area (Å²) in [7, 11) is 0. The minimum atomic E-state index is 0.190. The molecule has 1 aliphatic rings.